The van der Waals surface area contributed by atoms with Crippen LogP contribution in [0.5, 0.6) is 11.5 Å². The van der Waals surface area contributed by atoms with E-state index < -0.39 is 0 Å². The molecule has 0 unspecified atom stereocenters. The molecule has 0 bridgehead atoms. The summed E-state index contributed by atoms with van der Waals surface area (Å²) in [5, 5.41) is 11.4. The minimum absolute atomic E-state index is 0.179. The largest absolute Gasteiger partial charge is 0.493 e. The molecule has 1 aromatic heterocycles. The van der Waals surface area contributed by atoms with Crippen LogP contribution in [0.4, 0.5) is 0 Å². The fraction of sp³-hybridized carbons (Fsp3) is 0.471. The number of hydrogen-bond acceptors (Lipinski definition) is 5. The van der Waals surface area contributed by atoms with E-state index in [-0.39, 0.29) is 5.91 Å². The molecule has 7 heteroatoms. The van der Waals surface area contributed by atoms with Crippen molar-refractivity contribution in [2.45, 2.75) is 38.8 Å². The van der Waals surface area contributed by atoms with Crippen LogP contribution in [0.15, 0.2) is 18.2 Å². The molecule has 1 N–H and O–H groups in total. The number of carbonyl (C=O) groups excluding carboxylic acids is 1. The predicted octanol–water partition coefficient (Wildman–Crippen LogP) is 1.95. The van der Waals surface area contributed by atoms with E-state index in [2.05, 4.69) is 20.1 Å². The minimum atomic E-state index is -0.179. The zero-order chi connectivity index (χ0) is 16.9. The van der Waals surface area contributed by atoms with Gasteiger partial charge in [-0.2, -0.15) is 0 Å². The normalized spacial score (nSPS) is 13.8. The van der Waals surface area contributed by atoms with Crippen molar-refractivity contribution in [3.8, 4) is 11.5 Å². The molecular formula is C17H22N4O3. The summed E-state index contributed by atoms with van der Waals surface area (Å²) in [4.78, 5) is 12.4. The maximum absolute atomic E-state index is 12.4. The summed E-state index contributed by atoms with van der Waals surface area (Å²) in [6.07, 6.45) is 4.44. The third kappa shape index (κ3) is 3.34. The first kappa shape index (κ1) is 16.3. The lowest BCUT2D eigenvalue weighted by atomic mass is 10.2. The lowest BCUT2D eigenvalue weighted by molar-refractivity contribution is 0.0949. The topological polar surface area (TPSA) is 78.3 Å². The second-order valence-corrected chi connectivity index (χ2v) is 5.75. The number of aromatic nitrogens is 3. The van der Waals surface area contributed by atoms with Gasteiger partial charge in [0.15, 0.2) is 17.3 Å². The molecule has 1 aromatic carbocycles. The average molecular weight is 330 g/mol. The van der Waals surface area contributed by atoms with E-state index in [1.807, 2.05) is 0 Å². The van der Waals surface area contributed by atoms with Crippen LogP contribution in [0, 0.1) is 0 Å². The van der Waals surface area contributed by atoms with E-state index >= 15 is 0 Å². The zero-order valence-electron chi connectivity index (χ0n) is 14.0. The third-order valence-corrected chi connectivity index (χ3v) is 4.24. The molecule has 3 rings (SSSR count). The molecule has 0 radical (unpaired) electrons. The van der Waals surface area contributed by atoms with Crippen molar-refractivity contribution in [3.05, 3.63) is 35.4 Å². The Labute approximate surface area is 141 Å². The molecule has 0 saturated heterocycles. The summed E-state index contributed by atoms with van der Waals surface area (Å²) in [6.45, 7) is 1.28. The molecule has 128 valence electrons. The zero-order valence-corrected chi connectivity index (χ0v) is 14.0. The number of amides is 1. The highest BCUT2D eigenvalue weighted by molar-refractivity contribution is 5.94. The van der Waals surface area contributed by atoms with Crippen LogP contribution in [0.3, 0.4) is 0 Å². The van der Waals surface area contributed by atoms with E-state index in [9.17, 15) is 4.79 Å². The van der Waals surface area contributed by atoms with Crippen LogP contribution >= 0.6 is 0 Å². The van der Waals surface area contributed by atoms with Crippen molar-refractivity contribution < 1.29 is 14.3 Å². The highest BCUT2D eigenvalue weighted by atomic mass is 16.5. The molecule has 0 spiro atoms. The highest BCUT2D eigenvalue weighted by Gasteiger charge is 2.16. The van der Waals surface area contributed by atoms with Gasteiger partial charge >= 0.3 is 0 Å². The van der Waals surface area contributed by atoms with Crippen molar-refractivity contribution in [2.24, 2.45) is 0 Å². The fourth-order valence-corrected chi connectivity index (χ4v) is 2.91. The van der Waals surface area contributed by atoms with Gasteiger partial charge in [-0.15, -0.1) is 10.2 Å². The molecule has 1 aliphatic heterocycles. The summed E-state index contributed by atoms with van der Waals surface area (Å²) in [6, 6.07) is 5.09. The molecule has 0 saturated carbocycles. The second kappa shape index (κ2) is 7.33. The van der Waals surface area contributed by atoms with Crippen LogP contribution in [0.2, 0.25) is 0 Å². The number of aryl methyl sites for hydroxylation is 1. The number of fused-ring (bicyclic) bond motifs is 1. The summed E-state index contributed by atoms with van der Waals surface area (Å²) in [5.41, 5.74) is 0.517. The van der Waals surface area contributed by atoms with E-state index in [1.54, 1.807) is 32.4 Å². The van der Waals surface area contributed by atoms with E-state index in [1.165, 1.54) is 6.42 Å². The molecule has 0 aliphatic carbocycles. The van der Waals surface area contributed by atoms with Crippen molar-refractivity contribution in [2.75, 3.05) is 14.2 Å². The average Bonchev–Trinajstić information content (AvgIpc) is 2.85. The lowest BCUT2D eigenvalue weighted by Gasteiger charge is -2.10. The van der Waals surface area contributed by atoms with Gasteiger partial charge in [0.1, 0.15) is 5.82 Å². The Morgan fingerprint density at radius 2 is 2.00 bits per heavy atom. The molecule has 0 atom stereocenters. The molecule has 2 aromatic rings. The van der Waals surface area contributed by atoms with Crippen LogP contribution in [0.25, 0.3) is 0 Å². The Hall–Kier alpha value is -2.57. The summed E-state index contributed by atoms with van der Waals surface area (Å²) < 4.78 is 12.5. The number of rotatable bonds is 5. The van der Waals surface area contributed by atoms with Crippen molar-refractivity contribution in [1.82, 2.24) is 20.1 Å². The Balaban J connectivity index is 1.69. The van der Waals surface area contributed by atoms with Crippen molar-refractivity contribution in [3.63, 3.8) is 0 Å². The van der Waals surface area contributed by atoms with E-state index in [0.29, 0.717) is 23.6 Å². The first-order chi connectivity index (χ1) is 11.7. The molecule has 1 aliphatic rings. The van der Waals surface area contributed by atoms with Gasteiger partial charge in [0, 0.05) is 18.5 Å². The number of hydrogen-bond donors (Lipinski definition) is 1. The molecular weight excluding hydrogens is 308 g/mol. The van der Waals surface area contributed by atoms with Gasteiger partial charge in [-0.1, -0.05) is 6.42 Å². The number of carbonyl (C=O) groups is 1. The second-order valence-electron chi connectivity index (χ2n) is 5.75. The Kier molecular flexibility index (Phi) is 4.98. The number of nitrogens with zero attached hydrogens (tertiary/aromatic N) is 3. The van der Waals surface area contributed by atoms with Gasteiger partial charge < -0.3 is 19.4 Å². The van der Waals surface area contributed by atoms with Crippen molar-refractivity contribution >= 4 is 5.91 Å². The minimum Gasteiger partial charge on any atom is -0.493 e. The highest BCUT2D eigenvalue weighted by Crippen LogP contribution is 2.27. The Morgan fingerprint density at radius 3 is 2.79 bits per heavy atom. The van der Waals surface area contributed by atoms with Gasteiger partial charge in [-0.25, -0.2) is 0 Å². The summed E-state index contributed by atoms with van der Waals surface area (Å²) >= 11 is 0. The van der Waals surface area contributed by atoms with Gasteiger partial charge in [0.2, 0.25) is 0 Å². The maximum Gasteiger partial charge on any atom is 0.251 e. The first-order valence-electron chi connectivity index (χ1n) is 8.14. The maximum atomic E-state index is 12.4. The Morgan fingerprint density at radius 1 is 1.17 bits per heavy atom. The molecule has 2 heterocycles. The van der Waals surface area contributed by atoms with Gasteiger partial charge in [-0.3, -0.25) is 4.79 Å². The van der Waals surface area contributed by atoms with Crippen LogP contribution in [-0.4, -0.2) is 34.9 Å². The SMILES string of the molecule is COc1ccc(C(=O)NCc2nnc3n2CCCCC3)cc1OC. The Bertz CT molecular complexity index is 727. The van der Waals surface area contributed by atoms with Crippen LogP contribution in [-0.2, 0) is 19.5 Å². The van der Waals surface area contributed by atoms with Gasteiger partial charge in [0.05, 0.1) is 20.8 Å². The van der Waals surface area contributed by atoms with Gasteiger partial charge in [0.25, 0.3) is 5.91 Å². The summed E-state index contributed by atoms with van der Waals surface area (Å²) in [5.74, 6) is 2.77. The molecule has 1 amide bonds. The van der Waals surface area contributed by atoms with E-state index in [0.717, 1.165) is 37.5 Å². The number of nitrogens with one attached hydrogen (secondary N) is 1. The van der Waals surface area contributed by atoms with Crippen LogP contribution < -0.4 is 14.8 Å². The first-order valence-corrected chi connectivity index (χ1v) is 8.14. The van der Waals surface area contributed by atoms with E-state index in [4.69, 9.17) is 9.47 Å². The van der Waals surface area contributed by atoms with Crippen LogP contribution in [0.1, 0.15) is 41.3 Å². The van der Waals surface area contributed by atoms with Crippen molar-refractivity contribution in [1.29, 1.82) is 0 Å². The fourth-order valence-electron chi connectivity index (χ4n) is 2.91. The number of ether oxygens (including phenoxy) is 2. The molecule has 7 nitrogen and oxygen atoms in total. The predicted molar refractivity (Wildman–Crippen MR) is 88.3 cm³/mol. The third-order valence-electron chi connectivity index (χ3n) is 4.24. The lowest BCUT2D eigenvalue weighted by Crippen LogP contribution is -2.25. The standard InChI is InChI=1S/C17H22N4O3/c1-23-13-8-7-12(10-14(13)24-2)17(22)18-11-16-20-19-15-6-4-3-5-9-21(15)16/h7-8,10H,3-6,9,11H2,1-2H3,(H,18,22). The smallest absolute Gasteiger partial charge is 0.251 e. The molecule has 0 fully saturated rings. The quantitative estimate of drug-likeness (QED) is 0.906. The van der Waals surface area contributed by atoms with Gasteiger partial charge in [-0.05, 0) is 31.0 Å². The number of benzene rings is 1. The monoisotopic (exact) mass is 330 g/mol. The summed E-state index contributed by atoms with van der Waals surface area (Å²) in [7, 11) is 3.11. The molecule has 24 heavy (non-hydrogen) atoms. The number of methoxy groups -OCH3 is 2.